The van der Waals surface area contributed by atoms with E-state index in [-0.39, 0.29) is 0 Å². The van der Waals surface area contributed by atoms with Crippen molar-refractivity contribution in [2.24, 2.45) is 0 Å². The van der Waals surface area contributed by atoms with Crippen LogP contribution >= 0.6 is 0 Å². The Bertz CT molecular complexity index is 648. The third kappa shape index (κ3) is 4.63. The van der Waals surface area contributed by atoms with Gasteiger partial charge in [-0.05, 0) is 37.1 Å². The molecule has 2 aromatic carbocycles. The molecule has 110 valence electrons. The highest BCUT2D eigenvalue weighted by atomic mass is 16.6. The molecule has 0 aliphatic carbocycles. The lowest BCUT2D eigenvalue weighted by Crippen LogP contribution is -2.32. The Labute approximate surface area is 125 Å². The van der Waals surface area contributed by atoms with Crippen LogP contribution in [0.25, 0.3) is 16.8 Å². The predicted octanol–water partition coefficient (Wildman–Crippen LogP) is 4.38. The van der Waals surface area contributed by atoms with E-state index in [1.165, 1.54) is 10.8 Å². The molecular weight excluding hydrogens is 262 g/mol. The lowest BCUT2D eigenvalue weighted by atomic mass is 10.0. The van der Waals surface area contributed by atoms with Crippen LogP contribution in [0.5, 0.6) is 0 Å². The zero-order valence-corrected chi connectivity index (χ0v) is 12.7. The quantitative estimate of drug-likeness (QED) is 0.908. The van der Waals surface area contributed by atoms with E-state index in [0.29, 0.717) is 6.54 Å². The largest absolute Gasteiger partial charge is 0.444 e. The Balaban J connectivity index is 1.96. The monoisotopic (exact) mass is 283 g/mol. The van der Waals surface area contributed by atoms with Gasteiger partial charge in [-0.2, -0.15) is 0 Å². The van der Waals surface area contributed by atoms with Crippen molar-refractivity contribution >= 4 is 22.9 Å². The highest BCUT2D eigenvalue weighted by Crippen LogP contribution is 2.19. The molecule has 0 aliphatic heterocycles. The first-order valence-corrected chi connectivity index (χ1v) is 7.07. The van der Waals surface area contributed by atoms with E-state index in [2.05, 4.69) is 29.6 Å². The van der Waals surface area contributed by atoms with Crippen LogP contribution in [0, 0.1) is 0 Å². The molecule has 2 aromatic rings. The van der Waals surface area contributed by atoms with Gasteiger partial charge in [-0.1, -0.05) is 54.6 Å². The molecule has 2 rings (SSSR count). The number of ether oxygens (including phenoxy) is 1. The maximum Gasteiger partial charge on any atom is 0.407 e. The van der Waals surface area contributed by atoms with Gasteiger partial charge in [-0.15, -0.1) is 0 Å². The zero-order valence-electron chi connectivity index (χ0n) is 12.7. The molecule has 21 heavy (non-hydrogen) atoms. The maximum atomic E-state index is 11.5. The van der Waals surface area contributed by atoms with Gasteiger partial charge in [0, 0.05) is 6.54 Å². The molecule has 0 heterocycles. The molecule has 0 radical (unpaired) electrons. The van der Waals surface area contributed by atoms with E-state index in [9.17, 15) is 4.79 Å². The van der Waals surface area contributed by atoms with Crippen LogP contribution < -0.4 is 5.32 Å². The second-order valence-electron chi connectivity index (χ2n) is 5.85. The molecule has 3 heteroatoms. The van der Waals surface area contributed by atoms with Crippen molar-refractivity contribution in [3.63, 3.8) is 0 Å². The predicted molar refractivity (Wildman–Crippen MR) is 87.2 cm³/mol. The normalized spacial score (nSPS) is 11.8. The summed E-state index contributed by atoms with van der Waals surface area (Å²) in [5.41, 5.74) is 0.669. The van der Waals surface area contributed by atoms with Crippen LogP contribution in [0.4, 0.5) is 4.79 Å². The van der Waals surface area contributed by atoms with Gasteiger partial charge >= 0.3 is 6.09 Å². The number of hydrogen-bond acceptors (Lipinski definition) is 2. The topological polar surface area (TPSA) is 38.3 Å². The highest BCUT2D eigenvalue weighted by Gasteiger charge is 2.14. The lowest BCUT2D eigenvalue weighted by Gasteiger charge is -2.19. The average molecular weight is 283 g/mol. The van der Waals surface area contributed by atoms with E-state index in [0.717, 1.165) is 5.56 Å². The Morgan fingerprint density at radius 2 is 1.86 bits per heavy atom. The lowest BCUT2D eigenvalue weighted by molar-refractivity contribution is 0.0534. The van der Waals surface area contributed by atoms with Gasteiger partial charge in [0.2, 0.25) is 0 Å². The van der Waals surface area contributed by atoms with E-state index in [1.807, 2.05) is 51.1 Å². The van der Waals surface area contributed by atoms with Gasteiger partial charge in [0.05, 0.1) is 0 Å². The zero-order chi connectivity index (χ0) is 15.3. The van der Waals surface area contributed by atoms with Crippen molar-refractivity contribution < 1.29 is 9.53 Å². The number of carbonyl (C=O) groups excluding carboxylic acids is 1. The molecule has 0 saturated heterocycles. The number of rotatable bonds is 3. The molecule has 0 aromatic heterocycles. The summed E-state index contributed by atoms with van der Waals surface area (Å²) < 4.78 is 5.18. The van der Waals surface area contributed by atoms with Crippen LogP contribution in [0.3, 0.4) is 0 Å². The fourth-order valence-electron chi connectivity index (χ4n) is 2.04. The molecule has 0 bridgehead atoms. The molecule has 1 N–H and O–H groups in total. The van der Waals surface area contributed by atoms with Crippen molar-refractivity contribution in [1.82, 2.24) is 5.32 Å². The summed E-state index contributed by atoms with van der Waals surface area (Å²) >= 11 is 0. The standard InChI is InChI=1S/C18H21NO2/c1-18(2,3)21-17(20)19-13-7-11-15-10-6-9-14-8-4-5-12-16(14)15/h4-12H,13H2,1-3H3,(H,19,20). The Morgan fingerprint density at radius 3 is 2.62 bits per heavy atom. The van der Waals surface area contributed by atoms with Crippen LogP contribution in [0.1, 0.15) is 26.3 Å². The third-order valence-corrected chi connectivity index (χ3v) is 2.88. The maximum absolute atomic E-state index is 11.5. The minimum atomic E-state index is -0.469. The Hall–Kier alpha value is -2.29. The van der Waals surface area contributed by atoms with Gasteiger partial charge < -0.3 is 10.1 Å². The molecular formula is C18H21NO2. The minimum Gasteiger partial charge on any atom is -0.444 e. The molecule has 0 aliphatic rings. The molecule has 0 spiro atoms. The highest BCUT2D eigenvalue weighted by molar-refractivity contribution is 5.90. The second kappa shape index (κ2) is 6.44. The number of carbonyl (C=O) groups is 1. The first kappa shape index (κ1) is 15.1. The van der Waals surface area contributed by atoms with Crippen LogP contribution in [0.15, 0.2) is 48.5 Å². The second-order valence-corrected chi connectivity index (χ2v) is 5.85. The molecule has 1 amide bonds. The third-order valence-electron chi connectivity index (χ3n) is 2.88. The fourth-order valence-corrected chi connectivity index (χ4v) is 2.04. The van der Waals surface area contributed by atoms with E-state index in [1.54, 1.807) is 0 Å². The van der Waals surface area contributed by atoms with Gasteiger partial charge in [-0.25, -0.2) is 4.79 Å². The SMILES string of the molecule is CC(C)(C)OC(=O)NCC=Cc1cccc2ccccc12. The molecule has 0 saturated carbocycles. The molecule has 0 fully saturated rings. The van der Waals surface area contributed by atoms with Crippen molar-refractivity contribution in [3.8, 4) is 0 Å². The number of alkyl carbamates (subject to hydrolysis) is 1. The number of nitrogens with one attached hydrogen (secondary N) is 1. The molecule has 3 nitrogen and oxygen atoms in total. The minimum absolute atomic E-state index is 0.398. The first-order chi connectivity index (χ1) is 9.96. The number of hydrogen-bond donors (Lipinski definition) is 1. The Morgan fingerprint density at radius 1 is 1.14 bits per heavy atom. The van der Waals surface area contributed by atoms with Crippen LogP contribution in [0.2, 0.25) is 0 Å². The Kier molecular flexibility index (Phi) is 4.63. The summed E-state index contributed by atoms with van der Waals surface area (Å²) in [5.74, 6) is 0. The summed E-state index contributed by atoms with van der Waals surface area (Å²) in [4.78, 5) is 11.5. The average Bonchev–Trinajstić information content (AvgIpc) is 2.42. The number of amides is 1. The van der Waals surface area contributed by atoms with Crippen LogP contribution in [-0.2, 0) is 4.74 Å². The summed E-state index contributed by atoms with van der Waals surface area (Å²) in [7, 11) is 0. The van der Waals surface area contributed by atoms with Gasteiger partial charge in [0.15, 0.2) is 0 Å². The smallest absolute Gasteiger partial charge is 0.407 e. The van der Waals surface area contributed by atoms with Crippen molar-refractivity contribution in [2.45, 2.75) is 26.4 Å². The number of benzene rings is 2. The summed E-state index contributed by atoms with van der Waals surface area (Å²) in [6, 6.07) is 14.4. The van der Waals surface area contributed by atoms with E-state index in [4.69, 9.17) is 4.74 Å². The van der Waals surface area contributed by atoms with E-state index < -0.39 is 11.7 Å². The van der Waals surface area contributed by atoms with Crippen molar-refractivity contribution in [1.29, 1.82) is 0 Å². The number of fused-ring (bicyclic) bond motifs is 1. The van der Waals surface area contributed by atoms with E-state index >= 15 is 0 Å². The molecule has 0 unspecified atom stereocenters. The van der Waals surface area contributed by atoms with Crippen molar-refractivity contribution in [2.75, 3.05) is 6.54 Å². The summed E-state index contributed by atoms with van der Waals surface area (Å²) in [6.45, 7) is 5.98. The van der Waals surface area contributed by atoms with Crippen molar-refractivity contribution in [3.05, 3.63) is 54.1 Å². The fraction of sp³-hybridized carbons (Fsp3) is 0.278. The van der Waals surface area contributed by atoms with Crippen LogP contribution in [-0.4, -0.2) is 18.2 Å². The van der Waals surface area contributed by atoms with Gasteiger partial charge in [-0.3, -0.25) is 0 Å². The molecule has 0 atom stereocenters. The first-order valence-electron chi connectivity index (χ1n) is 7.07. The van der Waals surface area contributed by atoms with Gasteiger partial charge in [0.25, 0.3) is 0 Å². The summed E-state index contributed by atoms with van der Waals surface area (Å²) in [6.07, 6.45) is 3.54. The summed E-state index contributed by atoms with van der Waals surface area (Å²) in [5, 5.41) is 5.12. The van der Waals surface area contributed by atoms with Gasteiger partial charge in [0.1, 0.15) is 5.60 Å².